The Hall–Kier alpha value is -1.68. The summed E-state index contributed by atoms with van der Waals surface area (Å²) in [6, 6.07) is 10.7. The third-order valence-corrected chi connectivity index (χ3v) is 4.02. The predicted octanol–water partition coefficient (Wildman–Crippen LogP) is 2.82. The van der Waals surface area contributed by atoms with Crippen molar-refractivity contribution < 1.29 is 4.52 Å². The molecule has 1 aliphatic rings. The molecular weight excluding hydrogens is 250 g/mol. The van der Waals surface area contributed by atoms with Crippen LogP contribution in [0.25, 0.3) is 0 Å². The fourth-order valence-corrected chi connectivity index (χ4v) is 2.65. The number of rotatable bonds is 6. The zero-order valence-corrected chi connectivity index (χ0v) is 11.9. The second-order valence-electron chi connectivity index (χ2n) is 5.83. The van der Waals surface area contributed by atoms with E-state index in [4.69, 9.17) is 10.3 Å². The zero-order chi connectivity index (χ0) is 14.0. The van der Waals surface area contributed by atoms with Gasteiger partial charge in [-0.3, -0.25) is 0 Å². The van der Waals surface area contributed by atoms with Crippen molar-refractivity contribution in [2.45, 2.75) is 50.5 Å². The minimum Gasteiger partial charge on any atom is -0.339 e. The lowest BCUT2D eigenvalue weighted by Gasteiger charge is -2.10. The number of nitrogens with zero attached hydrogens (tertiary/aromatic N) is 2. The molecule has 2 N–H and O–H groups in total. The maximum Gasteiger partial charge on any atom is 0.226 e. The van der Waals surface area contributed by atoms with Crippen molar-refractivity contribution in [3.8, 4) is 0 Å². The monoisotopic (exact) mass is 271 g/mol. The Labute approximate surface area is 119 Å². The molecule has 4 heteroatoms. The number of hydrogen-bond donors (Lipinski definition) is 1. The van der Waals surface area contributed by atoms with Crippen molar-refractivity contribution >= 4 is 0 Å². The van der Waals surface area contributed by atoms with Gasteiger partial charge in [-0.1, -0.05) is 35.5 Å². The van der Waals surface area contributed by atoms with Crippen LogP contribution in [-0.2, 0) is 11.8 Å². The molecule has 0 aliphatic heterocycles. The van der Waals surface area contributed by atoms with E-state index in [1.807, 2.05) is 13.0 Å². The number of nitrogens with two attached hydrogens (primary N) is 1. The first-order chi connectivity index (χ1) is 9.71. The standard InChI is InChI=1S/C16H21N3O/c1-12(17)6-5-9-14-18-15(19-20-14)16(10-11-16)13-7-3-2-4-8-13/h2-4,7-8,12H,5-6,9-11,17H2,1H3. The molecule has 1 heterocycles. The van der Waals surface area contributed by atoms with Crippen molar-refractivity contribution in [3.63, 3.8) is 0 Å². The van der Waals surface area contributed by atoms with E-state index in [1.165, 1.54) is 5.56 Å². The topological polar surface area (TPSA) is 64.9 Å². The summed E-state index contributed by atoms with van der Waals surface area (Å²) in [5, 5.41) is 4.21. The summed E-state index contributed by atoms with van der Waals surface area (Å²) in [6.45, 7) is 2.02. The lowest BCUT2D eigenvalue weighted by Crippen LogP contribution is -2.14. The van der Waals surface area contributed by atoms with Gasteiger partial charge >= 0.3 is 0 Å². The minimum absolute atomic E-state index is 0.00414. The molecule has 0 radical (unpaired) electrons. The lowest BCUT2D eigenvalue weighted by atomic mass is 9.95. The Morgan fingerprint density at radius 1 is 1.30 bits per heavy atom. The average Bonchev–Trinajstić information content (AvgIpc) is 3.13. The third-order valence-electron chi connectivity index (χ3n) is 4.02. The second-order valence-corrected chi connectivity index (χ2v) is 5.83. The van der Waals surface area contributed by atoms with Crippen LogP contribution in [0.2, 0.25) is 0 Å². The first-order valence-electron chi connectivity index (χ1n) is 7.35. The van der Waals surface area contributed by atoms with E-state index in [2.05, 4.69) is 34.4 Å². The van der Waals surface area contributed by atoms with Crippen LogP contribution in [0, 0.1) is 0 Å². The number of aryl methyl sites for hydroxylation is 1. The van der Waals surface area contributed by atoms with Crippen molar-refractivity contribution in [2.75, 3.05) is 0 Å². The van der Waals surface area contributed by atoms with Gasteiger partial charge in [0.2, 0.25) is 5.89 Å². The van der Waals surface area contributed by atoms with Gasteiger partial charge in [0.05, 0.1) is 5.41 Å². The first-order valence-corrected chi connectivity index (χ1v) is 7.35. The number of aromatic nitrogens is 2. The number of benzene rings is 1. The van der Waals surface area contributed by atoms with E-state index in [-0.39, 0.29) is 11.5 Å². The van der Waals surface area contributed by atoms with Gasteiger partial charge in [0.15, 0.2) is 5.82 Å². The smallest absolute Gasteiger partial charge is 0.226 e. The van der Waals surface area contributed by atoms with Crippen molar-refractivity contribution in [1.29, 1.82) is 0 Å². The van der Waals surface area contributed by atoms with Gasteiger partial charge in [0.25, 0.3) is 0 Å². The summed E-state index contributed by atoms with van der Waals surface area (Å²) in [6.07, 6.45) is 5.02. The van der Waals surface area contributed by atoms with E-state index in [9.17, 15) is 0 Å². The Kier molecular flexibility index (Phi) is 3.57. The Balaban J connectivity index is 1.71. The summed E-state index contributed by atoms with van der Waals surface area (Å²) in [5.74, 6) is 1.59. The molecule has 0 amide bonds. The summed E-state index contributed by atoms with van der Waals surface area (Å²) >= 11 is 0. The van der Waals surface area contributed by atoms with Gasteiger partial charge in [0.1, 0.15) is 0 Å². The molecule has 2 aromatic rings. The molecule has 1 aliphatic carbocycles. The predicted molar refractivity (Wildman–Crippen MR) is 77.3 cm³/mol. The molecule has 1 unspecified atom stereocenters. The van der Waals surface area contributed by atoms with Crippen LogP contribution in [0.1, 0.15) is 49.9 Å². The zero-order valence-electron chi connectivity index (χ0n) is 11.9. The van der Waals surface area contributed by atoms with Crippen LogP contribution in [-0.4, -0.2) is 16.2 Å². The van der Waals surface area contributed by atoms with Crippen LogP contribution in [0.3, 0.4) is 0 Å². The Morgan fingerprint density at radius 2 is 2.05 bits per heavy atom. The van der Waals surface area contributed by atoms with E-state index in [0.717, 1.165) is 43.8 Å². The molecule has 1 fully saturated rings. The molecule has 1 saturated carbocycles. The molecule has 0 spiro atoms. The third kappa shape index (κ3) is 2.61. The quantitative estimate of drug-likeness (QED) is 0.877. The SMILES string of the molecule is CC(N)CCCc1nc(C2(c3ccccc3)CC2)no1. The van der Waals surface area contributed by atoms with Crippen LogP contribution in [0.4, 0.5) is 0 Å². The summed E-state index contributed by atoms with van der Waals surface area (Å²) in [4.78, 5) is 4.60. The highest BCUT2D eigenvalue weighted by atomic mass is 16.5. The molecular formula is C16H21N3O. The van der Waals surface area contributed by atoms with Gasteiger partial charge in [-0.15, -0.1) is 0 Å². The molecule has 20 heavy (non-hydrogen) atoms. The lowest BCUT2D eigenvalue weighted by molar-refractivity contribution is 0.365. The van der Waals surface area contributed by atoms with Gasteiger partial charge in [0, 0.05) is 12.5 Å². The van der Waals surface area contributed by atoms with E-state index in [0.29, 0.717) is 0 Å². The van der Waals surface area contributed by atoms with Crippen LogP contribution in [0.15, 0.2) is 34.9 Å². The summed E-state index contributed by atoms with van der Waals surface area (Å²) < 4.78 is 5.39. The highest BCUT2D eigenvalue weighted by Gasteiger charge is 2.49. The van der Waals surface area contributed by atoms with E-state index in [1.54, 1.807) is 0 Å². The molecule has 4 nitrogen and oxygen atoms in total. The minimum atomic E-state index is 0.00414. The number of hydrogen-bond acceptors (Lipinski definition) is 4. The van der Waals surface area contributed by atoms with Gasteiger partial charge in [-0.05, 0) is 38.2 Å². The highest BCUT2D eigenvalue weighted by Crippen LogP contribution is 2.52. The largest absolute Gasteiger partial charge is 0.339 e. The molecule has 3 rings (SSSR count). The van der Waals surface area contributed by atoms with Gasteiger partial charge < -0.3 is 10.3 Å². The molecule has 1 atom stereocenters. The fraction of sp³-hybridized carbons (Fsp3) is 0.500. The van der Waals surface area contributed by atoms with Crippen molar-refractivity contribution in [3.05, 3.63) is 47.6 Å². The Morgan fingerprint density at radius 3 is 2.70 bits per heavy atom. The van der Waals surface area contributed by atoms with E-state index < -0.39 is 0 Å². The van der Waals surface area contributed by atoms with Crippen molar-refractivity contribution in [2.24, 2.45) is 5.73 Å². The van der Waals surface area contributed by atoms with Gasteiger partial charge in [-0.2, -0.15) is 4.98 Å². The van der Waals surface area contributed by atoms with Crippen LogP contribution in [0.5, 0.6) is 0 Å². The molecule has 1 aromatic carbocycles. The summed E-state index contributed by atoms with van der Waals surface area (Å²) in [5.41, 5.74) is 7.05. The fourth-order valence-electron chi connectivity index (χ4n) is 2.65. The molecule has 0 bridgehead atoms. The average molecular weight is 271 g/mol. The highest BCUT2D eigenvalue weighted by molar-refractivity contribution is 5.38. The van der Waals surface area contributed by atoms with Crippen molar-refractivity contribution in [1.82, 2.24) is 10.1 Å². The van der Waals surface area contributed by atoms with Crippen LogP contribution >= 0.6 is 0 Å². The second kappa shape index (κ2) is 5.37. The molecule has 1 aromatic heterocycles. The first kappa shape index (κ1) is 13.3. The Bertz CT molecular complexity index is 558. The summed E-state index contributed by atoms with van der Waals surface area (Å²) in [7, 11) is 0. The maximum atomic E-state index is 5.75. The van der Waals surface area contributed by atoms with Gasteiger partial charge in [-0.25, -0.2) is 0 Å². The van der Waals surface area contributed by atoms with Crippen LogP contribution < -0.4 is 5.73 Å². The maximum absolute atomic E-state index is 5.75. The van der Waals surface area contributed by atoms with E-state index >= 15 is 0 Å². The molecule has 0 saturated heterocycles. The molecule has 106 valence electrons. The normalized spacial score (nSPS) is 17.9.